The van der Waals surface area contributed by atoms with Gasteiger partial charge in [0.15, 0.2) is 0 Å². The Hall–Kier alpha value is -1.84. The van der Waals surface area contributed by atoms with Crippen LogP contribution in [0.5, 0.6) is 11.5 Å². The van der Waals surface area contributed by atoms with Gasteiger partial charge in [-0.25, -0.2) is 0 Å². The fourth-order valence-corrected chi connectivity index (χ4v) is 1.44. The zero-order valence-corrected chi connectivity index (χ0v) is 7.88. The molecule has 0 aromatic heterocycles. The highest BCUT2D eigenvalue weighted by Gasteiger charge is 2.11. The molecule has 0 spiro atoms. The average molecular weight is 192 g/mol. The van der Waals surface area contributed by atoms with Gasteiger partial charge in [-0.15, -0.1) is 0 Å². The van der Waals surface area contributed by atoms with Gasteiger partial charge in [-0.05, 0) is 0 Å². The maximum atomic E-state index is 9.30. The molecule has 0 saturated carbocycles. The van der Waals surface area contributed by atoms with E-state index in [2.05, 4.69) is 0 Å². The molecule has 0 aliphatic carbocycles. The van der Waals surface area contributed by atoms with Crippen molar-refractivity contribution in [1.82, 2.24) is 4.90 Å². The van der Waals surface area contributed by atoms with Gasteiger partial charge < -0.3 is 20.0 Å². The van der Waals surface area contributed by atoms with Crippen LogP contribution in [0.1, 0.15) is 0 Å². The first kappa shape index (κ1) is 8.74. The van der Waals surface area contributed by atoms with Crippen molar-refractivity contribution >= 4 is 5.69 Å². The second-order valence-corrected chi connectivity index (χ2v) is 3.37. The third kappa shape index (κ3) is 1.59. The van der Waals surface area contributed by atoms with E-state index in [1.807, 2.05) is 29.2 Å². The highest BCUT2D eigenvalue weighted by molar-refractivity contribution is 5.57. The van der Waals surface area contributed by atoms with Gasteiger partial charge in [0.05, 0.1) is 6.67 Å². The molecule has 1 aliphatic rings. The fourth-order valence-electron chi connectivity index (χ4n) is 1.44. The van der Waals surface area contributed by atoms with Gasteiger partial charge in [-0.1, -0.05) is 0 Å². The number of anilines is 1. The third-order valence-corrected chi connectivity index (χ3v) is 2.10. The summed E-state index contributed by atoms with van der Waals surface area (Å²) in [5.41, 5.74) is 0.781. The van der Waals surface area contributed by atoms with Crippen LogP contribution >= 0.6 is 0 Å². The highest BCUT2D eigenvalue weighted by Crippen LogP contribution is 2.28. The van der Waals surface area contributed by atoms with Gasteiger partial charge in [0.2, 0.25) is 0 Å². The maximum absolute atomic E-state index is 9.30. The summed E-state index contributed by atoms with van der Waals surface area (Å²) in [5, 5.41) is 18.6. The van der Waals surface area contributed by atoms with Gasteiger partial charge in [0.1, 0.15) is 11.5 Å². The summed E-state index contributed by atoms with van der Waals surface area (Å²) >= 11 is 0. The average Bonchev–Trinajstić information content (AvgIpc) is 2.50. The molecule has 4 nitrogen and oxygen atoms in total. The molecular formula is C10H12N2O2. The van der Waals surface area contributed by atoms with Gasteiger partial charge >= 0.3 is 0 Å². The van der Waals surface area contributed by atoms with E-state index in [0.717, 1.165) is 12.4 Å². The van der Waals surface area contributed by atoms with E-state index in [0.29, 0.717) is 0 Å². The van der Waals surface area contributed by atoms with Gasteiger partial charge in [0, 0.05) is 43.3 Å². The summed E-state index contributed by atoms with van der Waals surface area (Å²) in [6.07, 6.45) is 3.83. The Morgan fingerprint density at radius 1 is 1.07 bits per heavy atom. The van der Waals surface area contributed by atoms with Crippen LogP contribution < -0.4 is 4.90 Å². The number of benzene rings is 1. The topological polar surface area (TPSA) is 46.9 Å². The van der Waals surface area contributed by atoms with Crippen molar-refractivity contribution in [1.29, 1.82) is 0 Å². The van der Waals surface area contributed by atoms with Crippen LogP contribution in [0.15, 0.2) is 30.6 Å². The van der Waals surface area contributed by atoms with Crippen molar-refractivity contribution in [2.45, 2.75) is 0 Å². The first-order valence-electron chi connectivity index (χ1n) is 4.33. The lowest BCUT2D eigenvalue weighted by molar-refractivity contribution is 0.449. The van der Waals surface area contributed by atoms with E-state index in [1.165, 1.54) is 6.07 Å². The van der Waals surface area contributed by atoms with Crippen molar-refractivity contribution in [2.24, 2.45) is 0 Å². The standard InChI is InChI=1S/C10H12N2O2/c1-11-2-3-12(7-11)8-4-9(13)6-10(14)5-8/h2-6,13-14H,7H2,1H3. The van der Waals surface area contributed by atoms with Gasteiger partial charge in [0.25, 0.3) is 0 Å². The SMILES string of the molecule is CN1C=CN(c2cc(O)cc(O)c2)C1. The minimum absolute atomic E-state index is 0.0722. The Kier molecular flexibility index (Phi) is 1.96. The summed E-state index contributed by atoms with van der Waals surface area (Å²) in [6, 6.07) is 4.54. The Morgan fingerprint density at radius 2 is 1.71 bits per heavy atom. The lowest BCUT2D eigenvalue weighted by Gasteiger charge is -2.18. The molecular weight excluding hydrogens is 180 g/mol. The number of rotatable bonds is 1. The molecule has 74 valence electrons. The molecule has 0 fully saturated rings. The lowest BCUT2D eigenvalue weighted by atomic mass is 10.2. The molecule has 0 atom stereocenters. The zero-order valence-electron chi connectivity index (χ0n) is 7.88. The fraction of sp³-hybridized carbons (Fsp3) is 0.200. The van der Waals surface area contributed by atoms with Crippen LogP contribution in [0.2, 0.25) is 0 Å². The quantitative estimate of drug-likeness (QED) is 0.703. The summed E-state index contributed by atoms with van der Waals surface area (Å²) in [6.45, 7) is 0.725. The Bertz CT molecular complexity index is 356. The molecule has 1 aromatic rings. The van der Waals surface area contributed by atoms with Crippen LogP contribution in [-0.2, 0) is 0 Å². The minimum atomic E-state index is 0.0722. The summed E-state index contributed by atoms with van der Waals surface area (Å²) in [7, 11) is 1.96. The van der Waals surface area contributed by atoms with Crippen molar-refractivity contribution in [3.8, 4) is 11.5 Å². The van der Waals surface area contributed by atoms with Gasteiger partial charge in [-0.2, -0.15) is 0 Å². The molecule has 4 heteroatoms. The first-order valence-corrected chi connectivity index (χ1v) is 4.33. The van der Waals surface area contributed by atoms with Crippen molar-refractivity contribution < 1.29 is 10.2 Å². The van der Waals surface area contributed by atoms with Gasteiger partial charge in [-0.3, -0.25) is 0 Å². The van der Waals surface area contributed by atoms with Crippen LogP contribution in [0.3, 0.4) is 0 Å². The minimum Gasteiger partial charge on any atom is -0.508 e. The summed E-state index contributed by atoms with van der Waals surface area (Å²) in [4.78, 5) is 3.93. The Morgan fingerprint density at radius 3 is 2.21 bits per heavy atom. The maximum Gasteiger partial charge on any atom is 0.121 e. The monoisotopic (exact) mass is 192 g/mol. The van der Waals surface area contributed by atoms with E-state index in [-0.39, 0.29) is 11.5 Å². The molecule has 0 unspecified atom stereocenters. The lowest BCUT2D eigenvalue weighted by Crippen LogP contribution is -2.21. The molecule has 1 aliphatic heterocycles. The molecule has 14 heavy (non-hydrogen) atoms. The molecule has 2 N–H and O–H groups in total. The zero-order chi connectivity index (χ0) is 10.1. The normalized spacial score (nSPS) is 15.2. The van der Waals surface area contributed by atoms with E-state index >= 15 is 0 Å². The molecule has 0 amide bonds. The van der Waals surface area contributed by atoms with E-state index in [1.54, 1.807) is 12.1 Å². The van der Waals surface area contributed by atoms with Crippen molar-refractivity contribution in [3.63, 3.8) is 0 Å². The summed E-state index contributed by atoms with van der Waals surface area (Å²) in [5.74, 6) is 0.144. The number of phenolic OH excluding ortho intramolecular Hbond substituents is 2. The number of hydrogen-bond acceptors (Lipinski definition) is 4. The number of hydrogen-bond donors (Lipinski definition) is 2. The van der Waals surface area contributed by atoms with Crippen LogP contribution in [-0.4, -0.2) is 28.8 Å². The molecule has 0 bridgehead atoms. The molecule has 1 aromatic carbocycles. The van der Waals surface area contributed by atoms with E-state index in [9.17, 15) is 10.2 Å². The second-order valence-electron chi connectivity index (χ2n) is 3.37. The van der Waals surface area contributed by atoms with E-state index in [4.69, 9.17) is 0 Å². The largest absolute Gasteiger partial charge is 0.508 e. The van der Waals surface area contributed by atoms with Crippen molar-refractivity contribution in [3.05, 3.63) is 30.6 Å². The Balaban J connectivity index is 2.28. The van der Waals surface area contributed by atoms with Crippen LogP contribution in [0.4, 0.5) is 5.69 Å². The van der Waals surface area contributed by atoms with Crippen molar-refractivity contribution in [2.75, 3.05) is 18.6 Å². The predicted molar refractivity (Wildman–Crippen MR) is 54.0 cm³/mol. The first-order chi connectivity index (χ1) is 6.65. The van der Waals surface area contributed by atoms with Crippen LogP contribution in [0, 0.1) is 0 Å². The molecule has 0 radical (unpaired) electrons. The van der Waals surface area contributed by atoms with Crippen LogP contribution in [0.25, 0.3) is 0 Å². The predicted octanol–water partition coefficient (Wildman–Crippen LogP) is 1.28. The van der Waals surface area contributed by atoms with E-state index < -0.39 is 0 Å². The Labute approximate surface area is 82.3 Å². The molecule has 0 saturated heterocycles. The second kappa shape index (κ2) is 3.14. The number of nitrogens with zero attached hydrogens (tertiary/aromatic N) is 2. The number of aromatic hydroxyl groups is 2. The highest BCUT2D eigenvalue weighted by atomic mass is 16.3. The summed E-state index contributed by atoms with van der Waals surface area (Å²) < 4.78 is 0. The molecule has 1 heterocycles. The third-order valence-electron chi connectivity index (χ3n) is 2.10. The number of phenols is 2. The molecule has 2 rings (SSSR count). The smallest absolute Gasteiger partial charge is 0.121 e.